The minimum absolute atomic E-state index is 0.164. The molecule has 14 heteroatoms. The van der Waals surface area contributed by atoms with Gasteiger partial charge >= 0.3 is 5.69 Å². The molecule has 14 nitrogen and oxygen atoms in total. The summed E-state index contributed by atoms with van der Waals surface area (Å²) in [7, 11) is 1.74. The highest BCUT2D eigenvalue weighted by atomic mass is 16.5. The van der Waals surface area contributed by atoms with Crippen molar-refractivity contribution >= 4 is 40.0 Å². The molecule has 286 valence electrons. The summed E-state index contributed by atoms with van der Waals surface area (Å²) in [6.45, 7) is 7.61. The van der Waals surface area contributed by atoms with Gasteiger partial charge in [-0.3, -0.25) is 28.9 Å². The number of carbonyl (C=O) groups is 2. The second-order valence-electron chi connectivity index (χ2n) is 14.9. The number of hydrogen-bond donors (Lipinski definition) is 3. The van der Waals surface area contributed by atoms with Gasteiger partial charge in [0.2, 0.25) is 11.8 Å². The molecule has 5 heterocycles. The number of fused-ring (bicyclic) bond motifs is 1. The third-order valence-electron chi connectivity index (χ3n) is 11.1. The quantitative estimate of drug-likeness (QED) is 0.127. The summed E-state index contributed by atoms with van der Waals surface area (Å²) in [6, 6.07) is 23.0. The highest BCUT2D eigenvalue weighted by molar-refractivity contribution is 6.00. The Kier molecular flexibility index (Phi) is 10.3. The lowest BCUT2D eigenvalue weighted by molar-refractivity contribution is -0.135. The van der Waals surface area contributed by atoms with Crippen LogP contribution in [0.15, 0.2) is 77.6 Å². The number of aromatic hydroxyl groups is 1. The number of hydrogen-bond acceptors (Lipinski definition) is 11. The first-order chi connectivity index (χ1) is 26.7. The molecule has 0 saturated carbocycles. The van der Waals surface area contributed by atoms with Gasteiger partial charge < -0.3 is 25.4 Å². The molecule has 4 N–H and O–H groups in total. The number of rotatable bonds is 12. The monoisotopic (exact) mass is 745 g/mol. The second kappa shape index (κ2) is 15.6. The van der Waals surface area contributed by atoms with Crippen molar-refractivity contribution in [3.05, 3.63) is 94.4 Å². The minimum atomic E-state index is -0.687. The van der Waals surface area contributed by atoms with Crippen molar-refractivity contribution in [3.8, 4) is 17.0 Å². The molecule has 5 aromatic rings. The fourth-order valence-corrected chi connectivity index (χ4v) is 8.22. The van der Waals surface area contributed by atoms with E-state index in [1.54, 1.807) is 23.7 Å². The van der Waals surface area contributed by atoms with E-state index in [9.17, 15) is 19.5 Å². The van der Waals surface area contributed by atoms with E-state index in [4.69, 9.17) is 10.5 Å². The molecule has 3 fully saturated rings. The molecule has 1 atom stereocenters. The smallest absolute Gasteiger partial charge is 0.329 e. The number of carbonyl (C=O) groups excluding carboxylic acids is 2. The van der Waals surface area contributed by atoms with Gasteiger partial charge in [0.1, 0.15) is 11.8 Å². The maximum atomic E-state index is 13.2. The van der Waals surface area contributed by atoms with E-state index in [-0.39, 0.29) is 23.8 Å². The molecule has 0 bridgehead atoms. The second-order valence-corrected chi connectivity index (χ2v) is 14.9. The zero-order chi connectivity index (χ0) is 38.1. The Bertz CT molecular complexity index is 2250. The topological polar surface area (TPSA) is 164 Å². The van der Waals surface area contributed by atoms with E-state index in [0.717, 1.165) is 87.5 Å². The van der Waals surface area contributed by atoms with Gasteiger partial charge in [0.05, 0.1) is 29.0 Å². The molecule has 2 amide bonds. The van der Waals surface area contributed by atoms with Crippen molar-refractivity contribution in [1.82, 2.24) is 29.5 Å². The Balaban J connectivity index is 0.763. The average molecular weight is 746 g/mol. The number of phenolic OH excluding ortho intramolecular Hbond substituents is 1. The number of piperidine rings is 1. The molecule has 8 rings (SSSR count). The molecular formula is C41H47N9O5. The molecule has 55 heavy (non-hydrogen) atoms. The van der Waals surface area contributed by atoms with Crippen molar-refractivity contribution < 1.29 is 19.4 Å². The summed E-state index contributed by atoms with van der Waals surface area (Å²) in [5, 5.41) is 21.1. The first-order valence-electron chi connectivity index (χ1n) is 19.1. The van der Waals surface area contributed by atoms with Crippen LogP contribution in [0.25, 0.3) is 22.3 Å². The summed E-state index contributed by atoms with van der Waals surface area (Å²) in [6.07, 6.45) is 2.12. The highest BCUT2D eigenvalue weighted by Gasteiger charge is 2.32. The van der Waals surface area contributed by atoms with E-state index in [0.29, 0.717) is 36.0 Å². The van der Waals surface area contributed by atoms with Crippen LogP contribution in [0.5, 0.6) is 5.75 Å². The number of benzene rings is 3. The van der Waals surface area contributed by atoms with Crippen LogP contribution in [-0.2, 0) is 34.3 Å². The lowest BCUT2D eigenvalue weighted by Gasteiger charge is -2.39. The number of aryl methyl sites for hydroxylation is 2. The van der Waals surface area contributed by atoms with E-state index < -0.39 is 11.9 Å². The van der Waals surface area contributed by atoms with Gasteiger partial charge in [-0.15, -0.1) is 10.2 Å². The van der Waals surface area contributed by atoms with Crippen molar-refractivity contribution in [2.45, 2.75) is 38.3 Å². The largest absolute Gasteiger partial charge is 0.507 e. The molecule has 0 spiro atoms. The number of nitrogens with zero attached hydrogens (tertiary/aromatic N) is 7. The number of anilines is 3. The predicted molar refractivity (Wildman–Crippen MR) is 211 cm³/mol. The molecule has 3 saturated heterocycles. The lowest BCUT2D eigenvalue weighted by atomic mass is 10.00. The average Bonchev–Trinajstić information content (AvgIpc) is 3.43. The van der Waals surface area contributed by atoms with Crippen LogP contribution >= 0.6 is 0 Å². The van der Waals surface area contributed by atoms with Crippen LogP contribution in [0.4, 0.5) is 17.2 Å². The van der Waals surface area contributed by atoms with Crippen molar-refractivity contribution in [3.63, 3.8) is 0 Å². The highest BCUT2D eigenvalue weighted by Crippen LogP contribution is 2.32. The Morgan fingerprint density at radius 3 is 2.45 bits per heavy atom. The minimum Gasteiger partial charge on any atom is -0.507 e. The normalized spacial score (nSPS) is 18.2. The number of nitrogen functional groups attached to an aromatic ring is 1. The number of piperazine rings is 1. The van der Waals surface area contributed by atoms with Crippen LogP contribution < -0.4 is 26.5 Å². The zero-order valence-electron chi connectivity index (χ0n) is 31.1. The fourth-order valence-electron chi connectivity index (χ4n) is 8.22. The Morgan fingerprint density at radius 1 is 0.927 bits per heavy atom. The van der Waals surface area contributed by atoms with Gasteiger partial charge in [0, 0.05) is 83.1 Å². The Hall–Kier alpha value is -5.73. The van der Waals surface area contributed by atoms with Gasteiger partial charge in [-0.1, -0.05) is 36.4 Å². The summed E-state index contributed by atoms with van der Waals surface area (Å²) < 4.78 is 9.23. The standard InChI is InChI=1S/C41H47N9O5/c1-46-38-29(6-4-9-33(38)50(41(46)54)34-15-16-37(52)43-40(34)53)7-5-21-55-26-28-24-47(25-28)23-27-11-13-30(14-12-27)48-17-19-49(20-18-48)35-22-32(44-45-39(35)42)31-8-2-3-10-36(31)51/h2-4,6,8-14,22,28,34,51H,5,7,15-21,23-26H2,1H3,(H2,42,45)(H,43,52,53). The summed E-state index contributed by atoms with van der Waals surface area (Å²) in [5.41, 5.74) is 13.2. The van der Waals surface area contributed by atoms with Gasteiger partial charge in [0.15, 0.2) is 5.82 Å². The molecule has 0 radical (unpaired) electrons. The SMILES string of the molecule is Cn1c(=O)n(C2CCC(=O)NC2=O)c2cccc(CCCOCC3CN(Cc4ccc(N5CCN(c6cc(-c7ccccc7O)nnc6N)CC5)cc4)C3)c21. The van der Waals surface area contributed by atoms with E-state index in [1.165, 1.54) is 15.8 Å². The van der Waals surface area contributed by atoms with Crippen molar-refractivity contribution in [2.75, 3.05) is 68.0 Å². The Labute approximate surface area is 319 Å². The van der Waals surface area contributed by atoms with Gasteiger partial charge in [-0.25, -0.2) is 4.79 Å². The molecule has 1 unspecified atom stereocenters. The van der Waals surface area contributed by atoms with Crippen molar-refractivity contribution in [1.29, 1.82) is 0 Å². The van der Waals surface area contributed by atoms with Crippen LogP contribution in [-0.4, -0.2) is 93.6 Å². The van der Waals surface area contributed by atoms with Crippen molar-refractivity contribution in [2.24, 2.45) is 13.0 Å². The molecule has 3 aromatic carbocycles. The number of likely N-dealkylation sites (tertiary alicyclic amines) is 1. The third kappa shape index (κ3) is 7.51. The molecular weight excluding hydrogens is 699 g/mol. The van der Waals surface area contributed by atoms with E-state index in [2.05, 4.69) is 54.5 Å². The number of para-hydroxylation sites is 2. The number of ether oxygens (including phenoxy) is 1. The van der Waals surface area contributed by atoms with Crippen LogP contribution in [0.3, 0.4) is 0 Å². The number of nitrogens with one attached hydrogen (secondary N) is 1. The van der Waals surface area contributed by atoms with Crippen LogP contribution in [0.1, 0.15) is 36.4 Å². The van der Waals surface area contributed by atoms with Gasteiger partial charge in [0.25, 0.3) is 0 Å². The summed E-state index contributed by atoms with van der Waals surface area (Å²) >= 11 is 0. The maximum absolute atomic E-state index is 13.2. The summed E-state index contributed by atoms with van der Waals surface area (Å²) in [5.74, 6) is 0.346. The number of imidazole rings is 1. The van der Waals surface area contributed by atoms with Crippen LogP contribution in [0.2, 0.25) is 0 Å². The number of nitrogens with two attached hydrogens (primary N) is 1. The fraction of sp³-hybridized carbons (Fsp3) is 0.390. The lowest BCUT2D eigenvalue weighted by Crippen LogP contribution is -2.48. The first-order valence-corrected chi connectivity index (χ1v) is 19.1. The van der Waals surface area contributed by atoms with Gasteiger partial charge in [-0.2, -0.15) is 0 Å². The van der Waals surface area contributed by atoms with E-state index in [1.807, 2.05) is 36.4 Å². The number of aromatic nitrogens is 4. The number of imide groups is 1. The number of phenols is 1. The third-order valence-corrected chi connectivity index (χ3v) is 11.1. The molecule has 2 aromatic heterocycles. The maximum Gasteiger partial charge on any atom is 0.329 e. The number of amides is 2. The van der Waals surface area contributed by atoms with Gasteiger partial charge in [-0.05, 0) is 66.8 Å². The summed E-state index contributed by atoms with van der Waals surface area (Å²) in [4.78, 5) is 44.5. The Morgan fingerprint density at radius 2 is 1.69 bits per heavy atom. The first kappa shape index (κ1) is 36.3. The molecule has 3 aliphatic rings. The predicted octanol–water partition coefficient (Wildman–Crippen LogP) is 3.47. The van der Waals surface area contributed by atoms with Crippen LogP contribution in [0, 0.1) is 5.92 Å². The molecule has 3 aliphatic heterocycles. The van der Waals surface area contributed by atoms with E-state index >= 15 is 0 Å². The molecule has 0 aliphatic carbocycles. The zero-order valence-corrected chi connectivity index (χ0v) is 31.1.